The number of carboxylic acids is 1. The van der Waals surface area contributed by atoms with Crippen LogP contribution in [0, 0.1) is 12.8 Å². The van der Waals surface area contributed by atoms with Crippen molar-refractivity contribution >= 4 is 17.6 Å². The second-order valence-corrected chi connectivity index (χ2v) is 5.06. The molecule has 92 valence electrons. The monoisotopic (exact) mass is 253 g/mol. The third kappa shape index (κ3) is 2.99. The molecule has 0 spiro atoms. The number of carboxylic acid groups (broad SMARTS) is 1. The number of nitrogens with zero attached hydrogens (tertiary/aromatic N) is 1. The summed E-state index contributed by atoms with van der Waals surface area (Å²) in [6, 6.07) is 6.00. The summed E-state index contributed by atoms with van der Waals surface area (Å²) < 4.78 is 0. The molecule has 3 nitrogen and oxygen atoms in total. The summed E-state index contributed by atoms with van der Waals surface area (Å²) in [6.07, 6.45) is 0.735. The fourth-order valence-corrected chi connectivity index (χ4v) is 2.49. The van der Waals surface area contributed by atoms with Gasteiger partial charge in [-0.05, 0) is 37.1 Å². The molecule has 1 heterocycles. The summed E-state index contributed by atoms with van der Waals surface area (Å²) >= 11 is 6.16. The van der Waals surface area contributed by atoms with E-state index in [4.69, 9.17) is 16.7 Å². The lowest BCUT2D eigenvalue weighted by atomic mass is 10.1. The van der Waals surface area contributed by atoms with Crippen LogP contribution in [0.4, 0.5) is 0 Å². The maximum absolute atomic E-state index is 10.9. The Morgan fingerprint density at radius 1 is 1.59 bits per heavy atom. The SMILES string of the molecule is Cc1ccc(CN2CC[C@@H](C(=O)O)C2)c(Cl)c1. The minimum Gasteiger partial charge on any atom is -0.481 e. The number of carbonyl (C=O) groups is 1. The zero-order valence-electron chi connectivity index (χ0n) is 9.82. The Labute approximate surface area is 106 Å². The number of benzene rings is 1. The van der Waals surface area contributed by atoms with E-state index in [9.17, 15) is 4.79 Å². The number of likely N-dealkylation sites (tertiary alicyclic amines) is 1. The van der Waals surface area contributed by atoms with E-state index in [1.54, 1.807) is 0 Å². The first kappa shape index (κ1) is 12.4. The van der Waals surface area contributed by atoms with Crippen molar-refractivity contribution < 1.29 is 9.90 Å². The molecular weight excluding hydrogens is 238 g/mol. The zero-order valence-corrected chi connectivity index (χ0v) is 10.6. The van der Waals surface area contributed by atoms with Crippen LogP contribution in [0.2, 0.25) is 5.02 Å². The minimum atomic E-state index is -0.692. The Hall–Kier alpha value is -1.06. The molecule has 4 heteroatoms. The molecule has 1 atom stereocenters. The van der Waals surface area contributed by atoms with Gasteiger partial charge in [0.25, 0.3) is 0 Å². The van der Waals surface area contributed by atoms with Crippen molar-refractivity contribution in [2.75, 3.05) is 13.1 Å². The molecule has 1 aliphatic rings. The van der Waals surface area contributed by atoms with E-state index in [2.05, 4.69) is 4.90 Å². The van der Waals surface area contributed by atoms with Gasteiger partial charge in [0.15, 0.2) is 0 Å². The molecule has 0 saturated carbocycles. The second-order valence-electron chi connectivity index (χ2n) is 4.65. The molecule has 0 unspecified atom stereocenters. The fraction of sp³-hybridized carbons (Fsp3) is 0.462. The van der Waals surface area contributed by atoms with Crippen LogP contribution in [-0.4, -0.2) is 29.1 Å². The Morgan fingerprint density at radius 3 is 2.94 bits per heavy atom. The predicted octanol–water partition coefficient (Wildman–Crippen LogP) is 2.55. The Bertz CT molecular complexity index is 433. The molecule has 1 aromatic rings. The van der Waals surface area contributed by atoms with Crippen molar-refractivity contribution in [3.63, 3.8) is 0 Å². The van der Waals surface area contributed by atoms with Crippen LogP contribution in [-0.2, 0) is 11.3 Å². The van der Waals surface area contributed by atoms with Gasteiger partial charge in [-0.1, -0.05) is 23.7 Å². The second kappa shape index (κ2) is 5.07. The average molecular weight is 254 g/mol. The number of hydrogen-bond donors (Lipinski definition) is 1. The summed E-state index contributed by atoms with van der Waals surface area (Å²) in [6.45, 7) is 4.20. The molecule has 0 bridgehead atoms. The molecule has 2 rings (SSSR count). The molecule has 1 fully saturated rings. The maximum Gasteiger partial charge on any atom is 0.307 e. The van der Waals surface area contributed by atoms with Crippen molar-refractivity contribution in [3.8, 4) is 0 Å². The first-order valence-electron chi connectivity index (χ1n) is 5.76. The van der Waals surface area contributed by atoms with Crippen LogP contribution in [0.1, 0.15) is 17.5 Å². The molecule has 0 radical (unpaired) electrons. The number of rotatable bonds is 3. The normalized spacial score (nSPS) is 20.7. The van der Waals surface area contributed by atoms with Crippen molar-refractivity contribution in [2.45, 2.75) is 19.9 Å². The molecule has 1 aliphatic heterocycles. The number of aliphatic carboxylic acids is 1. The minimum absolute atomic E-state index is 0.223. The molecule has 1 aromatic carbocycles. The van der Waals surface area contributed by atoms with Gasteiger partial charge in [0.1, 0.15) is 0 Å². The molecule has 1 N–H and O–H groups in total. The number of aryl methyl sites for hydroxylation is 1. The largest absolute Gasteiger partial charge is 0.481 e. The first-order chi connectivity index (χ1) is 8.06. The van der Waals surface area contributed by atoms with E-state index in [1.807, 2.05) is 25.1 Å². The quantitative estimate of drug-likeness (QED) is 0.900. The van der Waals surface area contributed by atoms with Crippen LogP contribution in [0.5, 0.6) is 0 Å². The van der Waals surface area contributed by atoms with E-state index < -0.39 is 5.97 Å². The highest BCUT2D eigenvalue weighted by Crippen LogP contribution is 2.23. The van der Waals surface area contributed by atoms with Gasteiger partial charge in [-0.3, -0.25) is 9.69 Å². The standard InChI is InChI=1S/C13H16ClNO2/c1-9-2-3-10(12(14)6-9)7-15-5-4-11(8-15)13(16)17/h2-3,6,11H,4-5,7-8H2,1H3,(H,16,17)/t11-/m1/s1. The van der Waals surface area contributed by atoms with Gasteiger partial charge in [0.2, 0.25) is 0 Å². The molecule has 0 aliphatic carbocycles. The number of hydrogen-bond acceptors (Lipinski definition) is 2. The van der Waals surface area contributed by atoms with Crippen molar-refractivity contribution in [2.24, 2.45) is 5.92 Å². The van der Waals surface area contributed by atoms with Gasteiger partial charge in [0, 0.05) is 18.1 Å². The lowest BCUT2D eigenvalue weighted by Crippen LogP contribution is -2.22. The smallest absolute Gasteiger partial charge is 0.307 e. The average Bonchev–Trinajstić information content (AvgIpc) is 2.71. The van der Waals surface area contributed by atoms with Crippen molar-refractivity contribution in [3.05, 3.63) is 34.3 Å². The highest BCUT2D eigenvalue weighted by Gasteiger charge is 2.27. The summed E-state index contributed by atoms with van der Waals surface area (Å²) in [7, 11) is 0. The van der Waals surface area contributed by atoms with E-state index in [1.165, 1.54) is 0 Å². The van der Waals surface area contributed by atoms with E-state index in [0.29, 0.717) is 6.54 Å². The lowest BCUT2D eigenvalue weighted by Gasteiger charge is -2.16. The van der Waals surface area contributed by atoms with Gasteiger partial charge in [0.05, 0.1) is 5.92 Å². The van der Waals surface area contributed by atoms with Gasteiger partial charge >= 0.3 is 5.97 Å². The van der Waals surface area contributed by atoms with Crippen LogP contribution in [0.3, 0.4) is 0 Å². The Balaban J connectivity index is 2.00. The van der Waals surface area contributed by atoms with E-state index in [0.717, 1.165) is 35.7 Å². The first-order valence-corrected chi connectivity index (χ1v) is 6.14. The van der Waals surface area contributed by atoms with Crippen LogP contribution in [0.15, 0.2) is 18.2 Å². The maximum atomic E-state index is 10.9. The van der Waals surface area contributed by atoms with Crippen molar-refractivity contribution in [1.29, 1.82) is 0 Å². The zero-order chi connectivity index (χ0) is 12.4. The summed E-state index contributed by atoms with van der Waals surface area (Å²) in [5.41, 5.74) is 2.21. The fourth-order valence-electron chi connectivity index (χ4n) is 2.20. The van der Waals surface area contributed by atoms with E-state index >= 15 is 0 Å². The van der Waals surface area contributed by atoms with E-state index in [-0.39, 0.29) is 5.92 Å². The Kier molecular flexibility index (Phi) is 3.69. The lowest BCUT2D eigenvalue weighted by molar-refractivity contribution is -0.141. The number of halogens is 1. The summed E-state index contributed by atoms with van der Waals surface area (Å²) in [5, 5.41) is 9.70. The van der Waals surface area contributed by atoms with Crippen LogP contribution < -0.4 is 0 Å². The Morgan fingerprint density at radius 2 is 2.35 bits per heavy atom. The molecule has 0 amide bonds. The third-order valence-electron chi connectivity index (χ3n) is 3.22. The predicted molar refractivity (Wildman–Crippen MR) is 67.2 cm³/mol. The molecular formula is C13H16ClNO2. The summed E-state index contributed by atoms with van der Waals surface area (Å²) in [5.74, 6) is -0.915. The molecule has 1 saturated heterocycles. The molecule has 0 aromatic heterocycles. The van der Waals surface area contributed by atoms with Crippen LogP contribution in [0.25, 0.3) is 0 Å². The topological polar surface area (TPSA) is 40.5 Å². The third-order valence-corrected chi connectivity index (χ3v) is 3.58. The highest BCUT2D eigenvalue weighted by atomic mass is 35.5. The van der Waals surface area contributed by atoms with Crippen LogP contribution >= 0.6 is 11.6 Å². The van der Waals surface area contributed by atoms with Gasteiger partial charge < -0.3 is 5.11 Å². The van der Waals surface area contributed by atoms with Crippen molar-refractivity contribution in [1.82, 2.24) is 4.90 Å². The summed E-state index contributed by atoms with van der Waals surface area (Å²) in [4.78, 5) is 13.0. The van der Waals surface area contributed by atoms with Gasteiger partial charge in [-0.15, -0.1) is 0 Å². The van der Waals surface area contributed by atoms with Gasteiger partial charge in [-0.2, -0.15) is 0 Å². The highest BCUT2D eigenvalue weighted by molar-refractivity contribution is 6.31. The van der Waals surface area contributed by atoms with Gasteiger partial charge in [-0.25, -0.2) is 0 Å². The molecule has 17 heavy (non-hydrogen) atoms.